The van der Waals surface area contributed by atoms with Crippen LogP contribution in [0.15, 0.2) is 27.8 Å². The van der Waals surface area contributed by atoms with Crippen LogP contribution in [0.25, 0.3) is 10.9 Å². The van der Waals surface area contributed by atoms with Crippen molar-refractivity contribution in [3.8, 4) is 11.8 Å². The molecule has 0 aliphatic carbocycles. The zero-order valence-electron chi connectivity index (χ0n) is 10.1. The van der Waals surface area contributed by atoms with E-state index in [9.17, 15) is 14.4 Å². The summed E-state index contributed by atoms with van der Waals surface area (Å²) in [7, 11) is 1.29. The lowest BCUT2D eigenvalue weighted by molar-refractivity contribution is -0.139. The van der Waals surface area contributed by atoms with Crippen molar-refractivity contribution >= 4 is 16.9 Å². The molecule has 0 saturated carbocycles. The number of benzene rings is 1. The second kappa shape index (κ2) is 5.23. The van der Waals surface area contributed by atoms with Crippen LogP contribution in [0.4, 0.5) is 0 Å². The molecule has 0 spiro atoms. The highest BCUT2D eigenvalue weighted by Gasteiger charge is 2.01. The van der Waals surface area contributed by atoms with Crippen molar-refractivity contribution < 1.29 is 9.53 Å². The van der Waals surface area contributed by atoms with E-state index < -0.39 is 17.2 Å². The van der Waals surface area contributed by atoms with Crippen molar-refractivity contribution in [3.05, 3.63) is 44.6 Å². The number of esters is 1. The van der Waals surface area contributed by atoms with Gasteiger partial charge in [-0.05, 0) is 18.2 Å². The first-order valence-electron chi connectivity index (χ1n) is 5.42. The predicted molar refractivity (Wildman–Crippen MR) is 68.7 cm³/mol. The van der Waals surface area contributed by atoms with Gasteiger partial charge < -0.3 is 9.72 Å². The van der Waals surface area contributed by atoms with Crippen LogP contribution in [-0.2, 0) is 9.53 Å². The van der Waals surface area contributed by atoms with Crippen LogP contribution < -0.4 is 11.2 Å². The highest BCUT2D eigenvalue weighted by Crippen LogP contribution is 2.07. The quantitative estimate of drug-likeness (QED) is 0.561. The predicted octanol–water partition coefficient (Wildman–Crippen LogP) is 0.131. The standard InChI is InChI=1S/C13H10N2O4/c1-19-11(16)4-2-3-8-5-6-10-9(7-8)12(17)15-13(18)14-10/h5-7H,4H2,1H3,(H2,14,15,17,18). The fourth-order valence-corrected chi connectivity index (χ4v) is 1.53. The fourth-order valence-electron chi connectivity index (χ4n) is 1.53. The summed E-state index contributed by atoms with van der Waals surface area (Å²) in [5.74, 6) is 4.97. The molecule has 0 unspecified atom stereocenters. The number of nitrogens with one attached hydrogen (secondary N) is 2. The van der Waals surface area contributed by atoms with Gasteiger partial charge in [0.1, 0.15) is 6.42 Å². The molecule has 0 aliphatic rings. The van der Waals surface area contributed by atoms with E-state index in [0.717, 1.165) is 0 Å². The van der Waals surface area contributed by atoms with E-state index in [1.807, 2.05) is 0 Å². The number of aromatic nitrogens is 2. The second-order valence-electron chi connectivity index (χ2n) is 3.72. The van der Waals surface area contributed by atoms with Gasteiger partial charge in [0.05, 0.1) is 18.0 Å². The molecule has 2 N–H and O–H groups in total. The van der Waals surface area contributed by atoms with Gasteiger partial charge in [0.15, 0.2) is 0 Å². The molecule has 2 aromatic rings. The highest BCUT2D eigenvalue weighted by atomic mass is 16.5. The van der Waals surface area contributed by atoms with Crippen molar-refractivity contribution in [2.45, 2.75) is 6.42 Å². The highest BCUT2D eigenvalue weighted by molar-refractivity contribution is 5.79. The molecule has 6 nitrogen and oxygen atoms in total. The maximum absolute atomic E-state index is 11.6. The molecule has 19 heavy (non-hydrogen) atoms. The van der Waals surface area contributed by atoms with Gasteiger partial charge in [-0.15, -0.1) is 0 Å². The Hall–Kier alpha value is -2.81. The number of H-pyrrole nitrogens is 2. The molecular weight excluding hydrogens is 248 g/mol. The third-order valence-electron chi connectivity index (χ3n) is 2.43. The average Bonchev–Trinajstić information content (AvgIpc) is 2.39. The number of hydrogen-bond acceptors (Lipinski definition) is 4. The second-order valence-corrected chi connectivity index (χ2v) is 3.72. The summed E-state index contributed by atoms with van der Waals surface area (Å²) in [6.45, 7) is 0. The number of fused-ring (bicyclic) bond motifs is 1. The fraction of sp³-hybridized carbons (Fsp3) is 0.154. The first-order chi connectivity index (χ1) is 9.10. The van der Waals surface area contributed by atoms with E-state index in [1.165, 1.54) is 7.11 Å². The first-order valence-corrected chi connectivity index (χ1v) is 5.42. The third-order valence-corrected chi connectivity index (χ3v) is 2.43. The minimum atomic E-state index is -0.554. The van der Waals surface area contributed by atoms with Gasteiger partial charge in [-0.25, -0.2) is 4.79 Å². The summed E-state index contributed by atoms with van der Waals surface area (Å²) in [5.41, 5.74) is -0.0152. The monoisotopic (exact) mass is 258 g/mol. The summed E-state index contributed by atoms with van der Waals surface area (Å²) in [4.78, 5) is 38.2. The van der Waals surface area contributed by atoms with Crippen LogP contribution in [0, 0.1) is 11.8 Å². The van der Waals surface area contributed by atoms with Crippen LogP contribution in [0.2, 0.25) is 0 Å². The van der Waals surface area contributed by atoms with Gasteiger partial charge in [-0.2, -0.15) is 0 Å². The average molecular weight is 258 g/mol. The minimum Gasteiger partial charge on any atom is -0.468 e. The molecule has 1 heterocycles. The zero-order valence-corrected chi connectivity index (χ0v) is 10.1. The van der Waals surface area contributed by atoms with Gasteiger partial charge in [0, 0.05) is 5.56 Å². The third kappa shape index (κ3) is 2.90. The number of aromatic amines is 2. The van der Waals surface area contributed by atoms with E-state index in [2.05, 4.69) is 26.5 Å². The molecule has 0 aliphatic heterocycles. The Morgan fingerprint density at radius 2 is 2.11 bits per heavy atom. The van der Waals surface area contributed by atoms with Crippen LogP contribution in [0.3, 0.4) is 0 Å². The van der Waals surface area contributed by atoms with Crippen molar-refractivity contribution in [2.24, 2.45) is 0 Å². The summed E-state index contributed by atoms with van der Waals surface area (Å²) in [6, 6.07) is 4.80. The molecule has 0 amide bonds. The number of carbonyl (C=O) groups is 1. The van der Waals surface area contributed by atoms with E-state index in [1.54, 1.807) is 18.2 Å². The summed E-state index contributed by atoms with van der Waals surface area (Å²) >= 11 is 0. The number of rotatable bonds is 1. The van der Waals surface area contributed by atoms with Crippen molar-refractivity contribution in [2.75, 3.05) is 7.11 Å². The molecule has 1 aromatic carbocycles. The van der Waals surface area contributed by atoms with E-state index in [-0.39, 0.29) is 6.42 Å². The summed E-state index contributed by atoms with van der Waals surface area (Å²) in [6.07, 6.45) is -0.0173. The molecule has 2 rings (SSSR count). The lowest BCUT2D eigenvalue weighted by Gasteiger charge is -1.96. The van der Waals surface area contributed by atoms with Crippen LogP contribution >= 0.6 is 0 Å². The zero-order chi connectivity index (χ0) is 13.8. The molecule has 1 aromatic heterocycles. The number of methoxy groups -OCH3 is 1. The van der Waals surface area contributed by atoms with Gasteiger partial charge >= 0.3 is 11.7 Å². The Morgan fingerprint density at radius 3 is 2.84 bits per heavy atom. The molecule has 0 radical (unpaired) electrons. The molecule has 0 saturated heterocycles. The van der Waals surface area contributed by atoms with E-state index in [0.29, 0.717) is 16.5 Å². The lowest BCUT2D eigenvalue weighted by atomic mass is 10.1. The van der Waals surface area contributed by atoms with E-state index in [4.69, 9.17) is 0 Å². The summed E-state index contributed by atoms with van der Waals surface area (Å²) < 4.78 is 4.45. The maximum Gasteiger partial charge on any atom is 0.326 e. The maximum atomic E-state index is 11.6. The Morgan fingerprint density at radius 1 is 1.32 bits per heavy atom. The van der Waals surface area contributed by atoms with Crippen molar-refractivity contribution in [1.29, 1.82) is 0 Å². The van der Waals surface area contributed by atoms with Crippen LogP contribution in [-0.4, -0.2) is 23.0 Å². The minimum absolute atomic E-state index is 0.0173. The van der Waals surface area contributed by atoms with Crippen LogP contribution in [0.1, 0.15) is 12.0 Å². The van der Waals surface area contributed by atoms with E-state index >= 15 is 0 Å². The molecule has 0 atom stereocenters. The molecule has 6 heteroatoms. The normalized spacial score (nSPS) is 9.74. The Labute approximate surface area is 107 Å². The van der Waals surface area contributed by atoms with Crippen LogP contribution in [0.5, 0.6) is 0 Å². The number of carbonyl (C=O) groups excluding carboxylic acids is 1. The van der Waals surface area contributed by atoms with Gasteiger partial charge in [0.2, 0.25) is 0 Å². The van der Waals surface area contributed by atoms with Crippen molar-refractivity contribution in [1.82, 2.24) is 9.97 Å². The SMILES string of the molecule is COC(=O)CC#Cc1ccc2[nH]c(=O)[nH]c(=O)c2c1. The molecule has 96 valence electrons. The summed E-state index contributed by atoms with van der Waals surface area (Å²) in [5, 5.41) is 0.337. The van der Waals surface area contributed by atoms with Gasteiger partial charge in [-0.3, -0.25) is 14.6 Å². The largest absolute Gasteiger partial charge is 0.468 e. The molecule has 0 bridgehead atoms. The molecule has 0 fully saturated rings. The first kappa shape index (κ1) is 12.6. The smallest absolute Gasteiger partial charge is 0.326 e. The van der Waals surface area contributed by atoms with Crippen molar-refractivity contribution in [3.63, 3.8) is 0 Å². The van der Waals surface area contributed by atoms with Gasteiger partial charge in [-0.1, -0.05) is 11.8 Å². The molecular formula is C13H10N2O4. The number of hydrogen-bond donors (Lipinski definition) is 2. The Bertz CT molecular complexity index is 805. The lowest BCUT2D eigenvalue weighted by Crippen LogP contribution is -2.21. The number of ether oxygens (including phenoxy) is 1. The Kier molecular flexibility index (Phi) is 3.48. The van der Waals surface area contributed by atoms with Gasteiger partial charge in [0.25, 0.3) is 5.56 Å². The topological polar surface area (TPSA) is 92.0 Å². The Balaban J connectivity index is 2.40.